The molecule has 1 saturated carbocycles. The lowest BCUT2D eigenvalue weighted by molar-refractivity contribution is 0.257. The molecular formula is C17H24. The van der Waals surface area contributed by atoms with E-state index in [2.05, 4.69) is 39.0 Å². The van der Waals surface area contributed by atoms with Crippen LogP contribution in [0.3, 0.4) is 0 Å². The van der Waals surface area contributed by atoms with Gasteiger partial charge in [0, 0.05) is 0 Å². The number of fused-ring (bicyclic) bond motifs is 2. The van der Waals surface area contributed by atoms with E-state index in [1.807, 2.05) is 0 Å². The van der Waals surface area contributed by atoms with Gasteiger partial charge in [-0.2, -0.15) is 0 Å². The van der Waals surface area contributed by atoms with Crippen LogP contribution < -0.4 is 0 Å². The van der Waals surface area contributed by atoms with Crippen LogP contribution in [0.25, 0.3) is 0 Å². The molecule has 0 unspecified atom stereocenters. The predicted octanol–water partition coefficient (Wildman–Crippen LogP) is 4.88. The van der Waals surface area contributed by atoms with Crippen molar-refractivity contribution in [1.29, 1.82) is 0 Å². The summed E-state index contributed by atoms with van der Waals surface area (Å²) < 4.78 is 0. The highest BCUT2D eigenvalue weighted by atomic mass is 14.5. The number of rotatable bonds is 0. The normalized spacial score (nSPS) is 24.9. The molecule has 0 amide bonds. The Bertz CT molecular complexity index is 433. The molecule has 17 heavy (non-hydrogen) atoms. The first kappa shape index (κ1) is 11.3. The van der Waals surface area contributed by atoms with Crippen molar-refractivity contribution in [3.63, 3.8) is 0 Å². The number of aryl methyl sites for hydroxylation is 1. The maximum Gasteiger partial charge on any atom is -0.00357 e. The minimum Gasteiger partial charge on any atom is -0.0617 e. The first-order valence-electron chi connectivity index (χ1n) is 7.16. The summed E-state index contributed by atoms with van der Waals surface area (Å²) in [5, 5.41) is 0. The highest BCUT2D eigenvalue weighted by molar-refractivity contribution is 5.49. The molecule has 2 aliphatic carbocycles. The van der Waals surface area contributed by atoms with E-state index in [4.69, 9.17) is 0 Å². The van der Waals surface area contributed by atoms with E-state index in [-0.39, 0.29) is 0 Å². The second kappa shape index (κ2) is 3.60. The molecule has 0 N–H and O–H groups in total. The molecule has 1 aromatic rings. The van der Waals surface area contributed by atoms with Crippen LogP contribution in [0.15, 0.2) is 18.2 Å². The van der Waals surface area contributed by atoms with Crippen LogP contribution in [-0.4, -0.2) is 0 Å². The first-order valence-corrected chi connectivity index (χ1v) is 7.16. The molecule has 0 aliphatic heterocycles. The largest absolute Gasteiger partial charge is 0.0617 e. The van der Waals surface area contributed by atoms with Gasteiger partial charge in [-0.05, 0) is 53.7 Å². The average molecular weight is 228 g/mol. The summed E-state index contributed by atoms with van der Waals surface area (Å²) in [6.07, 6.45) is 8.54. The van der Waals surface area contributed by atoms with Crippen LogP contribution in [0.1, 0.15) is 69.1 Å². The lowest BCUT2D eigenvalue weighted by Gasteiger charge is -2.35. The molecule has 92 valence electrons. The molecule has 1 aromatic carbocycles. The maximum absolute atomic E-state index is 2.45. The summed E-state index contributed by atoms with van der Waals surface area (Å²) in [5.74, 6) is 0. The third kappa shape index (κ3) is 1.57. The second-order valence-electron chi connectivity index (χ2n) is 6.90. The minimum absolute atomic E-state index is 0.387. The van der Waals surface area contributed by atoms with Gasteiger partial charge in [-0.3, -0.25) is 0 Å². The van der Waals surface area contributed by atoms with E-state index >= 15 is 0 Å². The van der Waals surface area contributed by atoms with Gasteiger partial charge in [0.1, 0.15) is 0 Å². The van der Waals surface area contributed by atoms with E-state index in [9.17, 15) is 0 Å². The van der Waals surface area contributed by atoms with Gasteiger partial charge < -0.3 is 0 Å². The summed E-state index contributed by atoms with van der Waals surface area (Å²) in [5.41, 5.74) is 5.79. The van der Waals surface area contributed by atoms with E-state index < -0.39 is 0 Å². The highest BCUT2D eigenvalue weighted by Gasteiger charge is 2.48. The van der Waals surface area contributed by atoms with Gasteiger partial charge in [0.25, 0.3) is 0 Å². The highest BCUT2D eigenvalue weighted by Crippen LogP contribution is 2.56. The Morgan fingerprint density at radius 3 is 2.41 bits per heavy atom. The molecule has 0 radical (unpaired) electrons. The van der Waals surface area contributed by atoms with Crippen LogP contribution >= 0.6 is 0 Å². The Morgan fingerprint density at radius 2 is 1.71 bits per heavy atom. The van der Waals surface area contributed by atoms with Crippen LogP contribution in [-0.2, 0) is 10.8 Å². The predicted molar refractivity (Wildman–Crippen MR) is 73.6 cm³/mol. The summed E-state index contributed by atoms with van der Waals surface area (Å²) >= 11 is 0. The van der Waals surface area contributed by atoms with Crippen molar-refractivity contribution in [3.05, 3.63) is 34.9 Å². The molecule has 2 aliphatic rings. The number of hydrogen-bond acceptors (Lipinski definition) is 0. The third-order valence-electron chi connectivity index (χ3n) is 5.11. The van der Waals surface area contributed by atoms with Crippen molar-refractivity contribution in [2.45, 2.75) is 70.1 Å². The molecule has 0 atom stereocenters. The van der Waals surface area contributed by atoms with E-state index in [1.165, 1.54) is 44.1 Å². The van der Waals surface area contributed by atoms with Crippen LogP contribution in [0.5, 0.6) is 0 Å². The Morgan fingerprint density at radius 1 is 1.00 bits per heavy atom. The number of benzene rings is 1. The van der Waals surface area contributed by atoms with Crippen LogP contribution in [0, 0.1) is 6.92 Å². The van der Waals surface area contributed by atoms with Crippen molar-refractivity contribution in [2.75, 3.05) is 0 Å². The third-order valence-corrected chi connectivity index (χ3v) is 5.11. The first-order chi connectivity index (χ1) is 8.05. The molecule has 0 nitrogen and oxygen atoms in total. The van der Waals surface area contributed by atoms with Crippen molar-refractivity contribution in [1.82, 2.24) is 0 Å². The van der Waals surface area contributed by atoms with E-state index in [0.717, 1.165) is 0 Å². The molecule has 0 bridgehead atoms. The fourth-order valence-corrected chi connectivity index (χ4v) is 4.71. The summed E-state index contributed by atoms with van der Waals surface area (Å²) in [6, 6.07) is 6.98. The Kier molecular flexibility index (Phi) is 2.40. The monoisotopic (exact) mass is 228 g/mol. The van der Waals surface area contributed by atoms with Gasteiger partial charge in [0.15, 0.2) is 0 Å². The molecule has 1 spiro atoms. The SMILES string of the molecule is Cc1cccc2c1C(C)(C)CC21CCCCC1. The molecule has 3 rings (SSSR count). The van der Waals surface area contributed by atoms with Crippen molar-refractivity contribution in [2.24, 2.45) is 0 Å². The lowest BCUT2D eigenvalue weighted by Crippen LogP contribution is -2.28. The summed E-state index contributed by atoms with van der Waals surface area (Å²) in [6.45, 7) is 7.19. The maximum atomic E-state index is 2.45. The summed E-state index contributed by atoms with van der Waals surface area (Å²) in [4.78, 5) is 0. The quantitative estimate of drug-likeness (QED) is 0.594. The van der Waals surface area contributed by atoms with Crippen LogP contribution in [0.4, 0.5) is 0 Å². The smallest absolute Gasteiger partial charge is 0.00357 e. The Balaban J connectivity index is 2.17. The zero-order valence-electron chi connectivity index (χ0n) is 11.5. The van der Waals surface area contributed by atoms with Crippen molar-refractivity contribution >= 4 is 0 Å². The molecule has 0 heterocycles. The average Bonchev–Trinajstić information content (AvgIpc) is 2.49. The van der Waals surface area contributed by atoms with Gasteiger partial charge in [-0.15, -0.1) is 0 Å². The molecule has 0 heteroatoms. The topological polar surface area (TPSA) is 0 Å². The Labute approximate surface area is 105 Å². The van der Waals surface area contributed by atoms with Gasteiger partial charge in [0.05, 0.1) is 0 Å². The fraction of sp³-hybridized carbons (Fsp3) is 0.647. The zero-order valence-corrected chi connectivity index (χ0v) is 11.5. The molecular weight excluding hydrogens is 204 g/mol. The second-order valence-corrected chi connectivity index (χ2v) is 6.90. The van der Waals surface area contributed by atoms with Crippen LogP contribution in [0.2, 0.25) is 0 Å². The van der Waals surface area contributed by atoms with E-state index in [0.29, 0.717) is 10.8 Å². The van der Waals surface area contributed by atoms with Gasteiger partial charge in [-0.25, -0.2) is 0 Å². The van der Waals surface area contributed by atoms with Gasteiger partial charge >= 0.3 is 0 Å². The van der Waals surface area contributed by atoms with Gasteiger partial charge in [-0.1, -0.05) is 51.3 Å². The lowest BCUT2D eigenvalue weighted by atomic mass is 9.69. The van der Waals surface area contributed by atoms with Crippen molar-refractivity contribution < 1.29 is 0 Å². The van der Waals surface area contributed by atoms with Crippen molar-refractivity contribution in [3.8, 4) is 0 Å². The Hall–Kier alpha value is -0.780. The summed E-state index contributed by atoms with van der Waals surface area (Å²) in [7, 11) is 0. The van der Waals surface area contributed by atoms with Gasteiger partial charge in [0.2, 0.25) is 0 Å². The fourth-order valence-electron chi connectivity index (χ4n) is 4.71. The van der Waals surface area contributed by atoms with E-state index in [1.54, 1.807) is 11.1 Å². The molecule has 0 saturated heterocycles. The minimum atomic E-state index is 0.387. The number of hydrogen-bond donors (Lipinski definition) is 0. The standard InChI is InChI=1S/C17H24/c1-13-8-7-9-14-15(13)16(2,3)12-17(14)10-5-4-6-11-17/h7-9H,4-6,10-12H2,1-3H3. The zero-order chi connectivity index (χ0) is 12.1. The molecule has 0 aromatic heterocycles. The molecule has 1 fully saturated rings.